The maximum absolute atomic E-state index is 6.20. The smallest absolute Gasteiger partial charge is 0.0602 e. The van der Waals surface area contributed by atoms with E-state index >= 15 is 0 Å². The zero-order valence-electron chi connectivity index (χ0n) is 10.7. The Labute approximate surface area is 99.3 Å². The summed E-state index contributed by atoms with van der Waals surface area (Å²) in [6.45, 7) is 6.66. The lowest BCUT2D eigenvalue weighted by molar-refractivity contribution is 0.500. The molecule has 1 aromatic heterocycles. The molecule has 1 heterocycles. The van der Waals surface area contributed by atoms with Crippen LogP contribution in [0.1, 0.15) is 57.3 Å². The van der Waals surface area contributed by atoms with Crippen molar-refractivity contribution in [2.75, 3.05) is 0 Å². The molecule has 0 aromatic carbocycles. The summed E-state index contributed by atoms with van der Waals surface area (Å²) in [5.41, 5.74) is 8.58. The Kier molecular flexibility index (Phi) is 5.47. The summed E-state index contributed by atoms with van der Waals surface area (Å²) in [7, 11) is 0. The van der Waals surface area contributed by atoms with Crippen LogP contribution in [0.15, 0.2) is 18.3 Å². The minimum atomic E-state index is 0.106. The molecule has 1 unspecified atom stereocenters. The van der Waals surface area contributed by atoms with Gasteiger partial charge in [0.2, 0.25) is 0 Å². The van der Waals surface area contributed by atoms with Crippen molar-refractivity contribution in [3.8, 4) is 0 Å². The fraction of sp³-hybridized carbons (Fsp3) is 0.643. The van der Waals surface area contributed by atoms with Gasteiger partial charge in [0.1, 0.15) is 0 Å². The van der Waals surface area contributed by atoms with Crippen LogP contribution in [0, 0.1) is 5.92 Å². The second-order valence-electron chi connectivity index (χ2n) is 4.83. The van der Waals surface area contributed by atoms with E-state index in [1.54, 1.807) is 0 Å². The Morgan fingerprint density at radius 3 is 2.69 bits per heavy atom. The van der Waals surface area contributed by atoms with Crippen molar-refractivity contribution in [2.24, 2.45) is 11.7 Å². The first-order valence-electron chi connectivity index (χ1n) is 6.34. The summed E-state index contributed by atoms with van der Waals surface area (Å²) in [5.74, 6) is 0.765. The minimum absolute atomic E-state index is 0.106. The second-order valence-corrected chi connectivity index (χ2v) is 4.83. The SMILES string of the molecule is CCc1cccnc1C(N)CCCC(C)C. The third kappa shape index (κ3) is 3.93. The summed E-state index contributed by atoms with van der Waals surface area (Å²) in [6, 6.07) is 4.23. The maximum atomic E-state index is 6.20. The van der Waals surface area contributed by atoms with Crippen molar-refractivity contribution in [1.82, 2.24) is 4.98 Å². The summed E-state index contributed by atoms with van der Waals surface area (Å²) in [4.78, 5) is 4.42. The third-order valence-corrected chi connectivity index (χ3v) is 2.95. The van der Waals surface area contributed by atoms with Gasteiger partial charge in [0, 0.05) is 12.2 Å². The molecular formula is C14H24N2. The van der Waals surface area contributed by atoms with Crippen LogP contribution in [0.5, 0.6) is 0 Å². The molecule has 0 aliphatic heterocycles. The molecule has 0 saturated heterocycles. The van der Waals surface area contributed by atoms with Crippen molar-refractivity contribution >= 4 is 0 Å². The molecule has 0 spiro atoms. The van der Waals surface area contributed by atoms with Gasteiger partial charge in [-0.05, 0) is 30.4 Å². The number of pyridine rings is 1. The molecular weight excluding hydrogens is 196 g/mol. The Morgan fingerprint density at radius 2 is 2.06 bits per heavy atom. The van der Waals surface area contributed by atoms with Gasteiger partial charge in [-0.3, -0.25) is 4.98 Å². The quantitative estimate of drug-likeness (QED) is 0.797. The van der Waals surface area contributed by atoms with E-state index in [0.29, 0.717) is 0 Å². The summed E-state index contributed by atoms with van der Waals surface area (Å²) in [5, 5.41) is 0. The van der Waals surface area contributed by atoms with E-state index in [0.717, 1.165) is 24.5 Å². The lowest BCUT2D eigenvalue weighted by Gasteiger charge is -2.15. The van der Waals surface area contributed by atoms with Crippen LogP contribution in [0.2, 0.25) is 0 Å². The number of nitrogens with zero attached hydrogens (tertiary/aromatic N) is 1. The predicted octanol–water partition coefficient (Wildman–Crippen LogP) is 3.47. The van der Waals surface area contributed by atoms with Crippen LogP contribution in [-0.2, 0) is 6.42 Å². The monoisotopic (exact) mass is 220 g/mol. The topological polar surface area (TPSA) is 38.9 Å². The molecule has 0 aliphatic carbocycles. The Balaban J connectivity index is 2.55. The van der Waals surface area contributed by atoms with Crippen molar-refractivity contribution in [3.05, 3.63) is 29.6 Å². The molecule has 0 aliphatic rings. The fourth-order valence-corrected chi connectivity index (χ4v) is 1.97. The highest BCUT2D eigenvalue weighted by Crippen LogP contribution is 2.20. The van der Waals surface area contributed by atoms with Crippen molar-refractivity contribution in [1.29, 1.82) is 0 Å². The van der Waals surface area contributed by atoms with Crippen LogP contribution in [0.4, 0.5) is 0 Å². The lowest BCUT2D eigenvalue weighted by Crippen LogP contribution is -2.14. The van der Waals surface area contributed by atoms with Gasteiger partial charge in [-0.2, -0.15) is 0 Å². The first kappa shape index (κ1) is 13.2. The third-order valence-electron chi connectivity index (χ3n) is 2.95. The zero-order chi connectivity index (χ0) is 12.0. The molecule has 2 N–H and O–H groups in total. The van der Waals surface area contributed by atoms with Crippen LogP contribution in [-0.4, -0.2) is 4.98 Å². The van der Waals surface area contributed by atoms with E-state index in [-0.39, 0.29) is 6.04 Å². The Morgan fingerprint density at radius 1 is 1.31 bits per heavy atom. The van der Waals surface area contributed by atoms with Gasteiger partial charge in [-0.15, -0.1) is 0 Å². The standard InChI is InChI=1S/C14H24N2/c1-4-12-8-6-10-16-14(12)13(15)9-5-7-11(2)3/h6,8,10-11,13H,4-5,7,9,15H2,1-3H3. The first-order chi connectivity index (χ1) is 7.65. The zero-order valence-corrected chi connectivity index (χ0v) is 10.7. The molecule has 16 heavy (non-hydrogen) atoms. The number of aromatic nitrogens is 1. The average Bonchev–Trinajstić information content (AvgIpc) is 2.28. The summed E-state index contributed by atoms with van der Waals surface area (Å²) in [6.07, 6.45) is 6.35. The second kappa shape index (κ2) is 6.64. The molecule has 2 nitrogen and oxygen atoms in total. The Hall–Kier alpha value is -0.890. The van der Waals surface area contributed by atoms with E-state index in [1.165, 1.54) is 18.4 Å². The summed E-state index contributed by atoms with van der Waals surface area (Å²) >= 11 is 0. The number of nitrogens with two attached hydrogens (primary N) is 1. The van der Waals surface area contributed by atoms with E-state index < -0.39 is 0 Å². The number of aryl methyl sites for hydroxylation is 1. The number of hydrogen-bond acceptors (Lipinski definition) is 2. The van der Waals surface area contributed by atoms with Gasteiger partial charge in [-0.25, -0.2) is 0 Å². The molecule has 1 atom stereocenters. The highest BCUT2D eigenvalue weighted by atomic mass is 14.8. The molecule has 2 heteroatoms. The number of hydrogen-bond donors (Lipinski definition) is 1. The highest BCUT2D eigenvalue weighted by molar-refractivity contribution is 5.22. The molecule has 90 valence electrons. The minimum Gasteiger partial charge on any atom is -0.323 e. The van der Waals surface area contributed by atoms with Gasteiger partial charge in [0.25, 0.3) is 0 Å². The maximum Gasteiger partial charge on any atom is 0.0602 e. The number of rotatable bonds is 6. The molecule has 0 fully saturated rings. The largest absolute Gasteiger partial charge is 0.323 e. The van der Waals surface area contributed by atoms with Gasteiger partial charge in [0.15, 0.2) is 0 Å². The molecule has 0 radical (unpaired) electrons. The van der Waals surface area contributed by atoms with Crippen LogP contribution in [0.3, 0.4) is 0 Å². The van der Waals surface area contributed by atoms with Gasteiger partial charge < -0.3 is 5.73 Å². The highest BCUT2D eigenvalue weighted by Gasteiger charge is 2.11. The molecule has 1 aromatic rings. The van der Waals surface area contributed by atoms with Crippen LogP contribution >= 0.6 is 0 Å². The fourth-order valence-electron chi connectivity index (χ4n) is 1.97. The van der Waals surface area contributed by atoms with E-state index in [1.807, 2.05) is 12.3 Å². The van der Waals surface area contributed by atoms with Crippen LogP contribution < -0.4 is 5.73 Å². The summed E-state index contributed by atoms with van der Waals surface area (Å²) < 4.78 is 0. The first-order valence-corrected chi connectivity index (χ1v) is 6.34. The Bertz CT molecular complexity index is 307. The molecule has 0 saturated carbocycles. The van der Waals surface area contributed by atoms with E-state index in [2.05, 4.69) is 31.8 Å². The molecule has 1 rings (SSSR count). The van der Waals surface area contributed by atoms with Crippen molar-refractivity contribution < 1.29 is 0 Å². The van der Waals surface area contributed by atoms with E-state index in [9.17, 15) is 0 Å². The lowest BCUT2D eigenvalue weighted by atomic mass is 9.98. The van der Waals surface area contributed by atoms with Crippen LogP contribution in [0.25, 0.3) is 0 Å². The normalized spacial score (nSPS) is 13.1. The van der Waals surface area contributed by atoms with Crippen molar-refractivity contribution in [3.63, 3.8) is 0 Å². The van der Waals surface area contributed by atoms with Gasteiger partial charge in [-0.1, -0.05) is 39.7 Å². The van der Waals surface area contributed by atoms with Gasteiger partial charge >= 0.3 is 0 Å². The van der Waals surface area contributed by atoms with Gasteiger partial charge in [0.05, 0.1) is 5.69 Å². The van der Waals surface area contributed by atoms with Crippen molar-refractivity contribution in [2.45, 2.75) is 52.5 Å². The average molecular weight is 220 g/mol. The molecule has 0 amide bonds. The predicted molar refractivity (Wildman–Crippen MR) is 69.2 cm³/mol. The van der Waals surface area contributed by atoms with E-state index in [4.69, 9.17) is 5.73 Å². The molecule has 0 bridgehead atoms.